The van der Waals surface area contributed by atoms with Crippen LogP contribution in [0.4, 0.5) is 5.69 Å². The third-order valence-corrected chi connectivity index (χ3v) is 23.5. The highest BCUT2D eigenvalue weighted by molar-refractivity contribution is 7.09. The predicted molar refractivity (Wildman–Crippen MR) is 585 cm³/mol. The minimum Gasteiger partial charge on any atom is -0.356 e. The zero-order valence-electron chi connectivity index (χ0n) is 91.2. The molecule has 13 rings (SSSR count). The average molecular weight is 1970 g/mol. The van der Waals surface area contributed by atoms with Gasteiger partial charge in [-0.3, -0.25) is 63.3 Å². The molecule has 143 heavy (non-hydrogen) atoms. The van der Waals surface area contributed by atoms with Crippen LogP contribution in [0.25, 0.3) is 0 Å². The van der Waals surface area contributed by atoms with Crippen molar-refractivity contribution >= 4 is 64.3 Å². The SMILES string of the molecule is CC(C)(C)CC(=O)NCc1ccccn1.CC(C)(C)CCC(=O)NCC1CC1.CC(C)(C)CCC(=O)NCc1ccccn1.CC(C)(C)CCC(=O)NCc1nccs1.CC(C)(C)Cc1cccc(C(=O)N2CCc3ccccc32)c1.CC(C)(C)Cc1cccc(C(=O)N2Cc3ccccc3C2)c1.CN(CCc1ccccn1)C(=O)c1cccc(CC(C)(C)C)c1.Cc1cnc(CNC(=O)CCC(C)(C)C)cn1. The molecule has 7 heterocycles. The number of pyridine rings is 3. The molecular weight excluding hydrogens is 1800 g/mol. The van der Waals surface area contributed by atoms with Crippen LogP contribution < -0.4 is 31.5 Å². The van der Waals surface area contributed by atoms with Gasteiger partial charge < -0.3 is 41.3 Å². The van der Waals surface area contributed by atoms with Gasteiger partial charge in [-0.05, 0) is 233 Å². The summed E-state index contributed by atoms with van der Waals surface area (Å²) >= 11 is 1.56. The van der Waals surface area contributed by atoms with E-state index >= 15 is 0 Å². The van der Waals surface area contributed by atoms with Crippen LogP contribution in [-0.4, -0.2) is 114 Å². The van der Waals surface area contributed by atoms with Gasteiger partial charge in [0.1, 0.15) is 5.01 Å². The first-order chi connectivity index (χ1) is 67.0. The summed E-state index contributed by atoms with van der Waals surface area (Å²) in [7, 11) is 1.85. The Morgan fingerprint density at radius 3 is 1.18 bits per heavy atom. The van der Waals surface area contributed by atoms with Crippen molar-refractivity contribution in [1.29, 1.82) is 0 Å². The Balaban J connectivity index is 0.000000252. The fourth-order valence-corrected chi connectivity index (χ4v) is 15.4. The van der Waals surface area contributed by atoms with E-state index in [2.05, 4.69) is 250 Å². The van der Waals surface area contributed by atoms with Crippen LogP contribution in [0.15, 0.2) is 218 Å². The molecule has 2 aliphatic heterocycles. The average Bonchev–Trinajstić information content (AvgIpc) is 1.67. The molecule has 1 fully saturated rings. The van der Waals surface area contributed by atoms with Crippen LogP contribution in [0.1, 0.15) is 335 Å². The first-order valence-corrected chi connectivity index (χ1v) is 51.8. The topological polar surface area (TPSA) is 284 Å². The van der Waals surface area contributed by atoms with Gasteiger partial charge in [0.25, 0.3) is 17.7 Å². The summed E-state index contributed by atoms with van der Waals surface area (Å²) in [5.41, 5.74) is 16.9. The van der Waals surface area contributed by atoms with Crippen molar-refractivity contribution in [2.75, 3.05) is 31.6 Å². The molecule has 0 atom stereocenters. The van der Waals surface area contributed by atoms with Gasteiger partial charge in [0, 0.05) is 143 Å². The van der Waals surface area contributed by atoms with E-state index in [1.54, 1.807) is 53.4 Å². The molecule has 0 radical (unpaired) electrons. The number of likely N-dealkylation sites (N-methyl/N-ethyl adjacent to an activating group) is 1. The van der Waals surface area contributed by atoms with Crippen LogP contribution in [0.5, 0.6) is 0 Å². The van der Waals surface area contributed by atoms with Crippen molar-refractivity contribution in [2.45, 2.75) is 315 Å². The highest BCUT2D eigenvalue weighted by Gasteiger charge is 2.29. The molecule has 0 unspecified atom stereocenters. The maximum Gasteiger partial charge on any atom is 0.258 e. The Morgan fingerprint density at radius 2 is 0.776 bits per heavy atom. The second kappa shape index (κ2) is 58.1. The highest BCUT2D eigenvalue weighted by atomic mass is 32.1. The van der Waals surface area contributed by atoms with Crippen molar-refractivity contribution in [1.82, 2.24) is 66.3 Å². The number of anilines is 1. The molecule has 0 spiro atoms. The van der Waals surface area contributed by atoms with Crippen LogP contribution in [0, 0.1) is 56.2 Å². The fraction of sp³-hybridized carbons (Fsp3) is 0.500. The quantitative estimate of drug-likeness (QED) is 0.0305. The van der Waals surface area contributed by atoms with E-state index < -0.39 is 0 Å². The number of nitrogens with zero attached hydrogens (tertiary/aromatic N) is 9. The van der Waals surface area contributed by atoms with Gasteiger partial charge in [-0.25, -0.2) is 4.98 Å². The smallest absolute Gasteiger partial charge is 0.258 e. The number of nitrogens with one attached hydrogen (secondary N) is 5. The minimum atomic E-state index is 0.0359. The normalized spacial score (nSPS) is 12.7. The van der Waals surface area contributed by atoms with Crippen LogP contribution >= 0.6 is 11.3 Å². The van der Waals surface area contributed by atoms with E-state index in [0.29, 0.717) is 64.8 Å². The number of thiazole rings is 1. The van der Waals surface area contributed by atoms with E-state index in [4.69, 9.17) is 0 Å². The summed E-state index contributed by atoms with van der Waals surface area (Å²) in [6.45, 7) is 59.5. The number of rotatable bonds is 28. The number of aryl methyl sites for hydroxylation is 1. The van der Waals surface area contributed by atoms with Crippen LogP contribution in [0.3, 0.4) is 0 Å². The van der Waals surface area contributed by atoms with Crippen molar-refractivity contribution in [3.05, 3.63) is 302 Å². The highest BCUT2D eigenvalue weighted by Crippen LogP contribution is 2.33. The van der Waals surface area contributed by atoms with Gasteiger partial charge in [-0.1, -0.05) is 263 Å². The second-order valence-corrected chi connectivity index (χ2v) is 48.4. The predicted octanol–water partition coefficient (Wildman–Crippen LogP) is 24.7. The first-order valence-electron chi connectivity index (χ1n) is 50.9. The van der Waals surface area contributed by atoms with E-state index in [9.17, 15) is 38.4 Å². The lowest BCUT2D eigenvalue weighted by molar-refractivity contribution is -0.123. The molecule has 5 N–H and O–H groups in total. The summed E-state index contributed by atoms with van der Waals surface area (Å²) in [5, 5.41) is 17.3. The fourth-order valence-electron chi connectivity index (χ4n) is 14.8. The molecule has 0 bridgehead atoms. The molecular formula is C120H170N14O8S. The van der Waals surface area contributed by atoms with Gasteiger partial charge in [-0.15, -0.1) is 11.3 Å². The van der Waals surface area contributed by atoms with Crippen molar-refractivity contribution in [3.63, 3.8) is 0 Å². The Bertz CT molecular complexity index is 5490. The molecule has 5 aromatic heterocycles. The summed E-state index contributed by atoms with van der Waals surface area (Å²) in [6, 6.07) is 57.9. The van der Waals surface area contributed by atoms with Gasteiger partial charge in [-0.2, -0.15) is 0 Å². The molecule has 0 saturated heterocycles. The standard InChI is InChI=1S/C20H26N2O.2C20H23NO.C13H21N3O.C13H20N2O.C12H18N2O.C11H18N2OS.C11H21NO/c1-20(2,3)15-16-8-7-9-17(14-16)19(23)22(4)13-11-18-10-5-6-12-21-18;1-20(2,3)14-15-7-6-9-17(13-15)19(22)21-12-11-16-8-4-5-10-18(16)21;1-20(2,3)12-15-7-6-10-16(11-15)19(22)21-13-17-8-4-5-9-18(17)14-21;1-10-7-15-11(8-14-10)9-16-12(17)5-6-13(2,3)4;1-13(2,3)8-7-12(16)15-10-11-6-4-5-9-14-11;1-12(2,3)8-11(15)14-9-10-6-4-5-7-13-10;1-11(2,3)5-4-9(14)13-8-10-12-6-7-15-10;1-11(2,3)7-6-10(13)12-8-9-4-5-9/h5-10,12,14H,11,13,15H2,1-4H3;4-10,13H,11-12,14H2,1-3H3;4-11H,12-14H2,1-3H3;7-8H,5-6,9H2,1-4H3,(H,16,17);4-6,9H,7-8,10H2,1-3H3,(H,15,16);4-7H,8-9H2,1-3H3,(H,14,15);6-7H,4-5,8H2,1-3H3,(H,13,14);9H,4-8H2,1-3H3,(H,12,13). The van der Waals surface area contributed by atoms with E-state index in [1.807, 2.05) is 177 Å². The molecule has 1 aliphatic carbocycles. The number of fused-ring (bicyclic) bond motifs is 2. The van der Waals surface area contributed by atoms with Gasteiger partial charge >= 0.3 is 0 Å². The first kappa shape index (κ1) is 120. The Labute approximate surface area is 861 Å². The number of hydrogen-bond donors (Lipinski definition) is 5. The molecule has 3 aliphatic rings. The van der Waals surface area contributed by atoms with Gasteiger partial charge in [0.15, 0.2) is 0 Å². The Morgan fingerprint density at radius 1 is 0.378 bits per heavy atom. The third-order valence-electron chi connectivity index (χ3n) is 22.8. The number of carbonyl (C=O) groups is 8. The van der Waals surface area contributed by atoms with Crippen molar-refractivity contribution in [3.8, 4) is 0 Å². The molecule has 10 aromatic rings. The number of carbonyl (C=O) groups excluding carboxylic acids is 8. The minimum absolute atomic E-state index is 0.0359. The van der Waals surface area contributed by atoms with E-state index in [0.717, 1.165) is 146 Å². The number of hydrogen-bond acceptors (Lipinski definition) is 15. The maximum atomic E-state index is 12.9. The number of para-hydroxylation sites is 1. The van der Waals surface area contributed by atoms with Crippen LogP contribution in [0.2, 0.25) is 0 Å². The monoisotopic (exact) mass is 1970 g/mol. The lowest BCUT2D eigenvalue weighted by atomic mass is 9.87. The molecule has 8 amide bonds. The summed E-state index contributed by atoms with van der Waals surface area (Å²) in [4.78, 5) is 126. The van der Waals surface area contributed by atoms with Gasteiger partial charge in [0.2, 0.25) is 29.5 Å². The summed E-state index contributed by atoms with van der Waals surface area (Å²) in [5.74, 6) is 1.68. The Hall–Kier alpha value is -12.0. The number of aromatic nitrogens is 6. The van der Waals surface area contributed by atoms with Crippen molar-refractivity contribution in [2.24, 2.45) is 49.2 Å². The summed E-state index contributed by atoms with van der Waals surface area (Å²) < 4.78 is 0. The molecule has 22 nitrogen and oxygen atoms in total. The lowest BCUT2D eigenvalue weighted by Gasteiger charge is -2.20. The molecule has 1 saturated carbocycles. The molecule has 5 aromatic carbocycles. The zero-order chi connectivity index (χ0) is 106. The molecule has 774 valence electrons. The lowest BCUT2D eigenvalue weighted by Crippen LogP contribution is -2.29. The maximum absolute atomic E-state index is 12.9. The van der Waals surface area contributed by atoms with E-state index in [-0.39, 0.29) is 90.6 Å². The molecule has 23 heteroatoms. The van der Waals surface area contributed by atoms with Crippen LogP contribution in [-0.2, 0) is 95.3 Å². The second-order valence-electron chi connectivity index (χ2n) is 47.4. The number of amides is 8. The van der Waals surface area contributed by atoms with Crippen molar-refractivity contribution < 1.29 is 38.4 Å². The van der Waals surface area contributed by atoms with Gasteiger partial charge in [0.05, 0.1) is 55.2 Å². The summed E-state index contributed by atoms with van der Waals surface area (Å²) in [6.07, 6.45) is 24.3. The largest absolute Gasteiger partial charge is 0.356 e. The van der Waals surface area contributed by atoms with E-state index in [1.165, 1.54) is 46.2 Å². The third kappa shape index (κ3) is 53.8. The Kier molecular flexibility index (Phi) is 48.6. The zero-order valence-corrected chi connectivity index (χ0v) is 92.1. The number of benzene rings is 5.